The number of fused-ring (bicyclic) bond motifs is 1. The van der Waals surface area contributed by atoms with Gasteiger partial charge < -0.3 is 69.6 Å². The Bertz CT molecular complexity index is 775. The molecule has 0 aromatic heterocycles. The third-order valence-electron chi connectivity index (χ3n) is 6.82. The van der Waals surface area contributed by atoms with Crippen molar-refractivity contribution in [3.63, 3.8) is 0 Å². The number of hydrogen-bond acceptors (Lipinski definition) is 14. The summed E-state index contributed by atoms with van der Waals surface area (Å²) in [7, 11) is 0. The summed E-state index contributed by atoms with van der Waals surface area (Å²) in [5.74, 6) is -1.04. The van der Waals surface area contributed by atoms with Crippen LogP contribution in [0, 0.1) is 11.8 Å². The molecule has 14 heteroatoms. The minimum Gasteiger partial charge on any atom is -0.472 e. The highest BCUT2D eigenvalue weighted by atomic mass is 16.8. The number of rotatable bonds is 7. The summed E-state index contributed by atoms with van der Waals surface area (Å²) >= 11 is 0. The maximum atomic E-state index is 10.4. The Morgan fingerprint density at radius 3 is 2.03 bits per heavy atom. The third-order valence-corrected chi connectivity index (χ3v) is 6.82. The Morgan fingerprint density at radius 1 is 0.743 bits per heavy atom. The van der Waals surface area contributed by atoms with E-state index in [2.05, 4.69) is 0 Å². The monoisotopic (exact) mass is 508 g/mol. The van der Waals surface area contributed by atoms with Crippen LogP contribution in [-0.4, -0.2) is 140 Å². The predicted octanol–water partition coefficient (Wildman–Crippen LogP) is -4.98. The Kier molecular flexibility index (Phi) is 8.44. The van der Waals surface area contributed by atoms with Crippen molar-refractivity contribution in [3.05, 3.63) is 24.0 Å². The first kappa shape index (κ1) is 26.8. The van der Waals surface area contributed by atoms with Gasteiger partial charge in [0.15, 0.2) is 12.6 Å². The van der Waals surface area contributed by atoms with Crippen LogP contribution in [0.25, 0.3) is 0 Å². The molecule has 0 radical (unpaired) electrons. The molecule has 14 atom stereocenters. The summed E-state index contributed by atoms with van der Waals surface area (Å²) in [5.41, 5.74) is 0.463. The third kappa shape index (κ3) is 5.13. The Labute approximate surface area is 199 Å². The van der Waals surface area contributed by atoms with Gasteiger partial charge in [0.25, 0.3) is 0 Å². The Balaban J connectivity index is 1.41. The highest BCUT2D eigenvalue weighted by Gasteiger charge is 2.50. The zero-order chi connectivity index (χ0) is 25.4. The minimum atomic E-state index is -1.73. The number of aliphatic hydroxyl groups is 9. The number of ether oxygens (including phenoxy) is 5. The summed E-state index contributed by atoms with van der Waals surface area (Å²) in [4.78, 5) is 0. The topological polar surface area (TPSA) is 228 Å². The molecule has 14 unspecified atom stereocenters. The molecule has 4 aliphatic rings. The first-order chi connectivity index (χ1) is 16.7. The molecule has 200 valence electrons. The van der Waals surface area contributed by atoms with E-state index in [9.17, 15) is 46.0 Å². The lowest BCUT2D eigenvalue weighted by Crippen LogP contribution is -2.62. The van der Waals surface area contributed by atoms with Crippen molar-refractivity contribution in [2.24, 2.45) is 11.8 Å². The molecule has 4 rings (SSSR count). The number of hydrogen-bond donors (Lipinski definition) is 9. The SMILES string of the molecule is OCC1=CC(O)C2C=COC(OC3OC(COC4OC(CO)C(O)C(O)C4O)C(O)C(O)C3O)C12. The van der Waals surface area contributed by atoms with E-state index in [1.54, 1.807) is 6.08 Å². The molecule has 35 heavy (non-hydrogen) atoms. The molecular weight excluding hydrogens is 476 g/mol. The van der Waals surface area contributed by atoms with Gasteiger partial charge in [0.05, 0.1) is 38.1 Å². The van der Waals surface area contributed by atoms with Crippen LogP contribution in [0.15, 0.2) is 24.0 Å². The molecule has 3 aliphatic heterocycles. The quantitative estimate of drug-likeness (QED) is 0.147. The van der Waals surface area contributed by atoms with Gasteiger partial charge in [-0.1, -0.05) is 6.08 Å². The van der Waals surface area contributed by atoms with Crippen molar-refractivity contribution in [2.45, 2.75) is 73.8 Å². The molecule has 14 nitrogen and oxygen atoms in total. The normalized spacial score (nSPS) is 49.9. The molecule has 0 bridgehead atoms. The van der Waals surface area contributed by atoms with Crippen LogP contribution >= 0.6 is 0 Å². The molecule has 2 fully saturated rings. The first-order valence-electron chi connectivity index (χ1n) is 11.3. The van der Waals surface area contributed by atoms with E-state index < -0.39 is 98.9 Å². The molecular formula is C21H32O14. The van der Waals surface area contributed by atoms with Gasteiger partial charge in [0.2, 0.25) is 6.29 Å². The summed E-state index contributed by atoms with van der Waals surface area (Å²) in [6.07, 6.45) is -13.1. The van der Waals surface area contributed by atoms with Crippen molar-refractivity contribution in [1.29, 1.82) is 0 Å². The fourth-order valence-electron chi connectivity index (χ4n) is 4.76. The van der Waals surface area contributed by atoms with Gasteiger partial charge in [-0.05, 0) is 11.6 Å². The molecule has 0 saturated carbocycles. The fraction of sp³-hybridized carbons (Fsp3) is 0.810. The van der Waals surface area contributed by atoms with Gasteiger partial charge in [-0.3, -0.25) is 0 Å². The van der Waals surface area contributed by atoms with Crippen LogP contribution in [0.5, 0.6) is 0 Å². The molecule has 0 aromatic carbocycles. The highest BCUT2D eigenvalue weighted by Crippen LogP contribution is 2.41. The molecule has 1 aliphatic carbocycles. The van der Waals surface area contributed by atoms with Gasteiger partial charge in [-0.25, -0.2) is 0 Å². The second-order valence-corrected chi connectivity index (χ2v) is 9.01. The van der Waals surface area contributed by atoms with Crippen LogP contribution in [-0.2, 0) is 23.7 Å². The van der Waals surface area contributed by atoms with Crippen LogP contribution in [0.3, 0.4) is 0 Å². The Hall–Kier alpha value is -1.24. The zero-order valence-corrected chi connectivity index (χ0v) is 18.5. The van der Waals surface area contributed by atoms with Crippen molar-refractivity contribution in [1.82, 2.24) is 0 Å². The second kappa shape index (κ2) is 11.0. The maximum Gasteiger partial charge on any atom is 0.209 e. The van der Waals surface area contributed by atoms with Gasteiger partial charge in [0.1, 0.15) is 48.8 Å². The number of aliphatic hydroxyl groups excluding tert-OH is 9. The van der Waals surface area contributed by atoms with E-state index in [1.807, 2.05) is 0 Å². The van der Waals surface area contributed by atoms with Crippen LogP contribution in [0.2, 0.25) is 0 Å². The van der Waals surface area contributed by atoms with Crippen LogP contribution in [0.1, 0.15) is 0 Å². The van der Waals surface area contributed by atoms with E-state index in [1.165, 1.54) is 12.3 Å². The van der Waals surface area contributed by atoms with E-state index in [-0.39, 0.29) is 6.61 Å². The highest BCUT2D eigenvalue weighted by molar-refractivity contribution is 5.25. The summed E-state index contributed by atoms with van der Waals surface area (Å²) in [6.45, 7) is -1.53. The van der Waals surface area contributed by atoms with E-state index in [0.717, 1.165) is 0 Å². The first-order valence-corrected chi connectivity index (χ1v) is 11.3. The van der Waals surface area contributed by atoms with Crippen LogP contribution < -0.4 is 0 Å². The summed E-state index contributed by atoms with van der Waals surface area (Å²) < 4.78 is 27.5. The lowest BCUT2D eigenvalue weighted by Gasteiger charge is -2.44. The second-order valence-electron chi connectivity index (χ2n) is 9.01. The van der Waals surface area contributed by atoms with E-state index in [4.69, 9.17) is 23.7 Å². The van der Waals surface area contributed by atoms with E-state index in [0.29, 0.717) is 5.57 Å². The van der Waals surface area contributed by atoms with Crippen LogP contribution in [0.4, 0.5) is 0 Å². The van der Waals surface area contributed by atoms with Crippen molar-refractivity contribution in [2.75, 3.05) is 19.8 Å². The van der Waals surface area contributed by atoms with Crippen molar-refractivity contribution in [3.8, 4) is 0 Å². The lowest BCUT2D eigenvalue weighted by molar-refractivity contribution is -0.352. The molecule has 0 amide bonds. The molecule has 0 spiro atoms. The average Bonchev–Trinajstić information content (AvgIpc) is 3.19. The molecule has 9 N–H and O–H groups in total. The standard InChI is InChI=1S/C21H32O14/c22-4-7-3-9(24)8-1-2-31-19(12(7)8)35-21-18(30)16(28)14(26)11(34-21)6-32-20-17(29)15(27)13(25)10(5-23)33-20/h1-3,8-30H,4-6H2. The van der Waals surface area contributed by atoms with Gasteiger partial charge >= 0.3 is 0 Å². The van der Waals surface area contributed by atoms with Gasteiger partial charge in [-0.15, -0.1) is 0 Å². The molecule has 3 heterocycles. The smallest absolute Gasteiger partial charge is 0.209 e. The maximum absolute atomic E-state index is 10.4. The Morgan fingerprint density at radius 2 is 1.37 bits per heavy atom. The van der Waals surface area contributed by atoms with Crippen molar-refractivity contribution >= 4 is 0 Å². The molecule has 0 aromatic rings. The zero-order valence-electron chi connectivity index (χ0n) is 18.5. The van der Waals surface area contributed by atoms with Crippen molar-refractivity contribution < 1.29 is 69.6 Å². The van der Waals surface area contributed by atoms with Gasteiger partial charge in [-0.2, -0.15) is 0 Å². The lowest BCUT2D eigenvalue weighted by atomic mass is 9.88. The summed E-state index contributed by atoms with van der Waals surface area (Å²) in [6, 6.07) is 0. The molecule has 2 saturated heterocycles. The average molecular weight is 508 g/mol. The summed E-state index contributed by atoms with van der Waals surface area (Å²) in [5, 5.41) is 90.1. The van der Waals surface area contributed by atoms with E-state index >= 15 is 0 Å². The predicted molar refractivity (Wildman–Crippen MR) is 110 cm³/mol. The minimum absolute atomic E-state index is 0.361. The largest absolute Gasteiger partial charge is 0.472 e. The fourth-order valence-corrected chi connectivity index (χ4v) is 4.76. The van der Waals surface area contributed by atoms with Gasteiger partial charge in [0, 0.05) is 5.92 Å².